The third-order valence-electron chi connectivity index (χ3n) is 3.53. The second-order valence-electron chi connectivity index (χ2n) is 4.75. The first kappa shape index (κ1) is 11.5. The number of aryl methyl sites for hydroxylation is 1. The largest absolute Gasteiger partial charge is 0.320 e. The molecule has 3 heteroatoms. The lowest BCUT2D eigenvalue weighted by Crippen LogP contribution is -2.12. The van der Waals surface area contributed by atoms with Gasteiger partial charge in [-0.25, -0.2) is 0 Å². The smallest absolute Gasteiger partial charge is 0.164 e. The highest BCUT2D eigenvalue weighted by Gasteiger charge is 2.21. The summed E-state index contributed by atoms with van der Waals surface area (Å²) in [4.78, 5) is 11.8. The molecule has 0 spiro atoms. The van der Waals surface area contributed by atoms with E-state index >= 15 is 0 Å². The van der Waals surface area contributed by atoms with Crippen molar-refractivity contribution in [2.24, 2.45) is 0 Å². The highest BCUT2D eigenvalue weighted by Crippen LogP contribution is 2.27. The first-order valence-electron chi connectivity index (χ1n) is 6.17. The van der Waals surface area contributed by atoms with Crippen molar-refractivity contribution >= 4 is 17.4 Å². The number of nitrogens with zero attached hydrogens (tertiary/aromatic N) is 1. The lowest BCUT2D eigenvalue weighted by Gasteiger charge is -2.16. The summed E-state index contributed by atoms with van der Waals surface area (Å²) in [5.41, 5.74) is 4.25. The lowest BCUT2D eigenvalue weighted by molar-refractivity contribution is 0.0972. The van der Waals surface area contributed by atoms with Crippen molar-refractivity contribution in [2.75, 3.05) is 0 Å². The molecule has 0 unspecified atom stereocenters. The molecular formula is C15H14ClNO. The second-order valence-corrected chi connectivity index (χ2v) is 5.19. The van der Waals surface area contributed by atoms with Gasteiger partial charge in [0, 0.05) is 34.6 Å². The van der Waals surface area contributed by atoms with E-state index in [1.54, 1.807) is 0 Å². The van der Waals surface area contributed by atoms with E-state index in [0.717, 1.165) is 40.4 Å². The molecule has 0 amide bonds. The van der Waals surface area contributed by atoms with E-state index < -0.39 is 0 Å². The van der Waals surface area contributed by atoms with E-state index in [1.807, 2.05) is 37.4 Å². The van der Waals surface area contributed by atoms with Gasteiger partial charge in [-0.3, -0.25) is 4.79 Å². The predicted octanol–water partition coefficient (Wildman–Crippen LogP) is 3.96. The molecule has 0 radical (unpaired) electrons. The fraction of sp³-hybridized carbons (Fsp3) is 0.267. The molecule has 0 atom stereocenters. The number of ketones is 1. The Morgan fingerprint density at radius 2 is 2.06 bits per heavy atom. The molecule has 2 aromatic rings. The van der Waals surface area contributed by atoms with Crippen molar-refractivity contribution in [3.63, 3.8) is 0 Å². The number of Topliss-reactive ketones (excluding diaryl/α,β-unsaturated/α-hetero) is 1. The van der Waals surface area contributed by atoms with Gasteiger partial charge in [0.25, 0.3) is 0 Å². The summed E-state index contributed by atoms with van der Waals surface area (Å²) in [5, 5.41) is 0.744. The van der Waals surface area contributed by atoms with Crippen LogP contribution in [0.15, 0.2) is 30.5 Å². The van der Waals surface area contributed by atoms with E-state index in [1.165, 1.54) is 0 Å². The van der Waals surface area contributed by atoms with Crippen LogP contribution >= 0.6 is 11.6 Å². The quantitative estimate of drug-likeness (QED) is 0.760. The summed E-state index contributed by atoms with van der Waals surface area (Å²) < 4.78 is 2.12. The molecule has 1 aliphatic rings. The van der Waals surface area contributed by atoms with Crippen LogP contribution in [0, 0.1) is 6.92 Å². The third kappa shape index (κ3) is 1.77. The Balaban J connectivity index is 2.15. The first-order valence-corrected chi connectivity index (χ1v) is 6.54. The number of carbonyl (C=O) groups excluding carboxylic acids is 1. The molecule has 0 saturated heterocycles. The summed E-state index contributed by atoms with van der Waals surface area (Å²) in [6.45, 7) is 2.04. The standard InChI is InChI=1S/C15H14ClNO/c1-10-9-11(16)5-6-13(10)17-8-7-12-14(17)3-2-4-15(12)18/h5-9H,2-4H2,1H3. The zero-order chi connectivity index (χ0) is 12.7. The van der Waals surface area contributed by atoms with Gasteiger partial charge in [-0.15, -0.1) is 0 Å². The van der Waals surface area contributed by atoms with E-state index in [-0.39, 0.29) is 5.78 Å². The molecule has 3 rings (SSSR count). The molecule has 1 aromatic heterocycles. The van der Waals surface area contributed by atoms with Gasteiger partial charge in [-0.1, -0.05) is 11.6 Å². The van der Waals surface area contributed by atoms with Gasteiger partial charge in [-0.2, -0.15) is 0 Å². The number of fused-ring (bicyclic) bond motifs is 1. The average Bonchev–Trinajstić information content (AvgIpc) is 2.74. The number of hydrogen-bond acceptors (Lipinski definition) is 1. The van der Waals surface area contributed by atoms with Gasteiger partial charge in [0.2, 0.25) is 0 Å². The molecule has 92 valence electrons. The molecule has 1 aliphatic carbocycles. The number of halogens is 1. The van der Waals surface area contributed by atoms with Crippen LogP contribution in [0.4, 0.5) is 0 Å². The van der Waals surface area contributed by atoms with Gasteiger partial charge in [0.1, 0.15) is 0 Å². The van der Waals surface area contributed by atoms with Crippen LogP contribution < -0.4 is 0 Å². The Hall–Kier alpha value is -1.54. The number of aromatic nitrogens is 1. The Morgan fingerprint density at radius 3 is 2.83 bits per heavy atom. The minimum atomic E-state index is 0.265. The summed E-state index contributed by atoms with van der Waals surface area (Å²) in [7, 11) is 0. The minimum absolute atomic E-state index is 0.265. The maximum Gasteiger partial charge on any atom is 0.164 e. The van der Waals surface area contributed by atoms with Crippen molar-refractivity contribution in [1.29, 1.82) is 0 Å². The number of benzene rings is 1. The maximum atomic E-state index is 11.8. The Morgan fingerprint density at radius 1 is 1.22 bits per heavy atom. The Bertz CT molecular complexity index is 627. The number of hydrogen-bond donors (Lipinski definition) is 0. The summed E-state index contributed by atoms with van der Waals surface area (Å²) in [5.74, 6) is 0.265. The van der Waals surface area contributed by atoms with Gasteiger partial charge in [-0.05, 0) is 49.6 Å². The molecule has 1 aromatic carbocycles. The number of rotatable bonds is 1. The van der Waals surface area contributed by atoms with E-state index in [9.17, 15) is 4.79 Å². The van der Waals surface area contributed by atoms with Crippen LogP contribution in [-0.4, -0.2) is 10.4 Å². The van der Waals surface area contributed by atoms with Crippen molar-refractivity contribution in [3.8, 4) is 5.69 Å². The van der Waals surface area contributed by atoms with Gasteiger partial charge < -0.3 is 4.57 Å². The van der Waals surface area contributed by atoms with Gasteiger partial charge in [0.05, 0.1) is 0 Å². The topological polar surface area (TPSA) is 22.0 Å². The maximum absolute atomic E-state index is 11.8. The van der Waals surface area contributed by atoms with Crippen molar-refractivity contribution in [2.45, 2.75) is 26.2 Å². The Labute approximate surface area is 111 Å². The van der Waals surface area contributed by atoms with Crippen LogP contribution in [0.1, 0.15) is 34.5 Å². The second kappa shape index (κ2) is 4.29. The molecule has 0 saturated carbocycles. The number of carbonyl (C=O) groups is 1. The molecule has 0 N–H and O–H groups in total. The molecular weight excluding hydrogens is 246 g/mol. The SMILES string of the molecule is Cc1cc(Cl)ccc1-n1ccc2c1CCCC2=O. The average molecular weight is 260 g/mol. The fourth-order valence-corrected chi connectivity index (χ4v) is 2.87. The monoisotopic (exact) mass is 259 g/mol. The van der Waals surface area contributed by atoms with Gasteiger partial charge in [0.15, 0.2) is 5.78 Å². The van der Waals surface area contributed by atoms with Crippen molar-refractivity contribution in [3.05, 3.63) is 52.3 Å². The molecule has 0 aliphatic heterocycles. The fourth-order valence-electron chi connectivity index (χ4n) is 2.64. The lowest BCUT2D eigenvalue weighted by atomic mass is 9.96. The predicted molar refractivity (Wildman–Crippen MR) is 72.8 cm³/mol. The highest BCUT2D eigenvalue weighted by molar-refractivity contribution is 6.30. The molecule has 0 fully saturated rings. The van der Waals surface area contributed by atoms with Crippen LogP contribution in [0.25, 0.3) is 5.69 Å². The summed E-state index contributed by atoms with van der Waals surface area (Å²) in [6.07, 6.45) is 4.58. The van der Waals surface area contributed by atoms with Gasteiger partial charge >= 0.3 is 0 Å². The first-order chi connectivity index (χ1) is 8.66. The van der Waals surface area contributed by atoms with Crippen LogP contribution in [0.3, 0.4) is 0 Å². The van der Waals surface area contributed by atoms with Crippen LogP contribution in [0.5, 0.6) is 0 Å². The zero-order valence-electron chi connectivity index (χ0n) is 10.2. The molecule has 1 heterocycles. The van der Waals surface area contributed by atoms with Crippen LogP contribution in [-0.2, 0) is 6.42 Å². The van der Waals surface area contributed by atoms with E-state index in [0.29, 0.717) is 6.42 Å². The molecule has 18 heavy (non-hydrogen) atoms. The zero-order valence-corrected chi connectivity index (χ0v) is 11.0. The Kier molecular flexibility index (Phi) is 2.75. The van der Waals surface area contributed by atoms with Crippen molar-refractivity contribution < 1.29 is 4.79 Å². The summed E-state index contributed by atoms with van der Waals surface area (Å²) >= 11 is 5.98. The minimum Gasteiger partial charge on any atom is -0.320 e. The van der Waals surface area contributed by atoms with E-state index in [4.69, 9.17) is 11.6 Å². The third-order valence-corrected chi connectivity index (χ3v) is 3.76. The van der Waals surface area contributed by atoms with Crippen molar-refractivity contribution in [1.82, 2.24) is 4.57 Å². The normalized spacial score (nSPS) is 14.7. The van der Waals surface area contributed by atoms with Crippen LogP contribution in [0.2, 0.25) is 5.02 Å². The highest BCUT2D eigenvalue weighted by atomic mass is 35.5. The molecule has 2 nitrogen and oxygen atoms in total. The summed E-state index contributed by atoms with van der Waals surface area (Å²) in [6, 6.07) is 7.79. The van der Waals surface area contributed by atoms with E-state index in [2.05, 4.69) is 4.57 Å². The molecule has 0 bridgehead atoms.